The van der Waals surface area contributed by atoms with Crippen LogP contribution in [0.25, 0.3) is 0 Å². The molecule has 2 rings (SSSR count). The van der Waals surface area contributed by atoms with Gasteiger partial charge in [-0.25, -0.2) is 0 Å². The molecule has 2 heterocycles. The topological polar surface area (TPSA) is 9.23 Å². The second-order valence-corrected chi connectivity index (χ2v) is 4.64. The molecule has 0 bridgehead atoms. The number of thioether (sulfide) groups is 1. The van der Waals surface area contributed by atoms with Crippen LogP contribution >= 0.6 is 11.8 Å². The molecule has 2 aliphatic rings. The molecule has 11 heavy (non-hydrogen) atoms. The van der Waals surface area contributed by atoms with Gasteiger partial charge < -0.3 is 4.74 Å². The quantitative estimate of drug-likeness (QED) is 0.551. The van der Waals surface area contributed by atoms with Crippen LogP contribution in [0.2, 0.25) is 0 Å². The van der Waals surface area contributed by atoms with Crippen LogP contribution in [-0.2, 0) is 4.74 Å². The summed E-state index contributed by atoms with van der Waals surface area (Å²) in [5.74, 6) is 1.44. The fourth-order valence-electron chi connectivity index (χ4n) is 1.86. The zero-order valence-corrected chi connectivity index (χ0v) is 7.86. The van der Waals surface area contributed by atoms with E-state index >= 15 is 0 Å². The molecule has 2 heteroatoms. The summed E-state index contributed by atoms with van der Waals surface area (Å²) in [6.07, 6.45) is 0. The lowest BCUT2D eigenvalue weighted by molar-refractivity contribution is 0.0393. The largest absolute Gasteiger partial charge is 0.380 e. The van der Waals surface area contributed by atoms with E-state index in [2.05, 4.69) is 19.3 Å². The first-order valence-corrected chi connectivity index (χ1v) is 5.13. The lowest BCUT2D eigenvalue weighted by Crippen LogP contribution is -2.34. The van der Waals surface area contributed by atoms with Crippen LogP contribution in [0, 0.1) is 11.8 Å². The Hall–Kier alpha value is 0.0500. The first-order valence-electron chi connectivity index (χ1n) is 4.19. The summed E-state index contributed by atoms with van der Waals surface area (Å²) in [5, 5.41) is 3.12. The van der Waals surface area contributed by atoms with Crippen molar-refractivity contribution < 1.29 is 4.74 Å². The fraction of sp³-hybridized carbons (Fsp3) is 0.778. The number of hydrogen-bond donors (Lipinski definition) is 0. The molecule has 0 aliphatic carbocycles. The van der Waals surface area contributed by atoms with Gasteiger partial charge in [-0.1, -0.05) is 12.5 Å². The molecule has 0 aromatic carbocycles. The lowest BCUT2D eigenvalue weighted by atomic mass is 9.89. The molecule has 3 atom stereocenters. The molecule has 2 aliphatic heterocycles. The third kappa shape index (κ3) is 1.23. The van der Waals surface area contributed by atoms with Crippen molar-refractivity contribution in [1.29, 1.82) is 0 Å². The SMILES string of the molecule is CC1=CSC2C(C)COCC12. The van der Waals surface area contributed by atoms with Crippen LogP contribution in [0.5, 0.6) is 0 Å². The monoisotopic (exact) mass is 170 g/mol. The van der Waals surface area contributed by atoms with Crippen molar-refractivity contribution in [2.45, 2.75) is 19.1 Å². The van der Waals surface area contributed by atoms with Gasteiger partial charge in [0.2, 0.25) is 0 Å². The smallest absolute Gasteiger partial charge is 0.0542 e. The molecular weight excluding hydrogens is 156 g/mol. The van der Waals surface area contributed by atoms with Gasteiger partial charge in [-0.2, -0.15) is 0 Å². The molecule has 0 radical (unpaired) electrons. The summed E-state index contributed by atoms with van der Waals surface area (Å²) in [6.45, 7) is 6.41. The second-order valence-electron chi connectivity index (χ2n) is 3.58. The second kappa shape index (κ2) is 2.83. The van der Waals surface area contributed by atoms with Crippen molar-refractivity contribution in [3.8, 4) is 0 Å². The first kappa shape index (κ1) is 7.69. The number of fused-ring (bicyclic) bond motifs is 1. The van der Waals surface area contributed by atoms with Crippen LogP contribution in [0.3, 0.4) is 0 Å². The highest BCUT2D eigenvalue weighted by Gasteiger charge is 2.35. The zero-order valence-electron chi connectivity index (χ0n) is 7.04. The number of ether oxygens (including phenoxy) is 1. The number of hydrogen-bond acceptors (Lipinski definition) is 2. The third-order valence-corrected chi connectivity index (χ3v) is 4.25. The van der Waals surface area contributed by atoms with E-state index in [0.717, 1.165) is 24.4 Å². The van der Waals surface area contributed by atoms with Gasteiger partial charge in [-0.15, -0.1) is 11.8 Å². The summed E-state index contributed by atoms with van der Waals surface area (Å²) < 4.78 is 5.51. The van der Waals surface area contributed by atoms with Gasteiger partial charge in [-0.05, 0) is 18.2 Å². The Labute approximate surface area is 72.2 Å². The van der Waals surface area contributed by atoms with E-state index in [1.807, 2.05) is 11.8 Å². The highest BCUT2D eigenvalue weighted by molar-refractivity contribution is 8.03. The highest BCUT2D eigenvalue weighted by atomic mass is 32.2. The predicted octanol–water partition coefficient (Wildman–Crippen LogP) is 2.29. The molecule has 1 fully saturated rings. The minimum atomic E-state index is 0.712. The standard InChI is InChI=1S/C9H14OS/c1-6-3-10-4-8-7(2)5-11-9(6)8/h5-6,8-9H,3-4H2,1-2H3. The maximum atomic E-state index is 5.51. The average Bonchev–Trinajstić information content (AvgIpc) is 2.35. The van der Waals surface area contributed by atoms with Gasteiger partial charge in [0.25, 0.3) is 0 Å². The summed E-state index contributed by atoms with van der Waals surface area (Å²) in [6, 6.07) is 0. The molecule has 0 spiro atoms. The minimum Gasteiger partial charge on any atom is -0.380 e. The Morgan fingerprint density at radius 3 is 3.09 bits per heavy atom. The first-order chi connectivity index (χ1) is 5.29. The van der Waals surface area contributed by atoms with E-state index in [1.54, 1.807) is 0 Å². The zero-order chi connectivity index (χ0) is 7.84. The van der Waals surface area contributed by atoms with Crippen molar-refractivity contribution in [3.05, 3.63) is 11.0 Å². The van der Waals surface area contributed by atoms with Crippen LogP contribution in [0.1, 0.15) is 13.8 Å². The summed E-state index contributed by atoms with van der Waals surface area (Å²) in [7, 11) is 0. The van der Waals surface area contributed by atoms with E-state index < -0.39 is 0 Å². The van der Waals surface area contributed by atoms with Gasteiger partial charge in [0.15, 0.2) is 0 Å². The molecular formula is C9H14OS. The molecule has 1 nitrogen and oxygen atoms in total. The number of rotatable bonds is 0. The van der Waals surface area contributed by atoms with Crippen molar-refractivity contribution in [1.82, 2.24) is 0 Å². The maximum absolute atomic E-state index is 5.51. The van der Waals surface area contributed by atoms with Crippen molar-refractivity contribution in [2.24, 2.45) is 11.8 Å². The van der Waals surface area contributed by atoms with Gasteiger partial charge in [0.1, 0.15) is 0 Å². The molecule has 0 amide bonds. The normalized spacial score (nSPS) is 43.5. The molecule has 0 saturated carbocycles. The Morgan fingerprint density at radius 2 is 2.36 bits per heavy atom. The van der Waals surface area contributed by atoms with Gasteiger partial charge in [0, 0.05) is 11.2 Å². The van der Waals surface area contributed by atoms with Crippen LogP contribution < -0.4 is 0 Å². The molecule has 3 unspecified atom stereocenters. The molecule has 0 aromatic rings. The summed E-state index contributed by atoms with van der Waals surface area (Å²) >= 11 is 2.00. The van der Waals surface area contributed by atoms with E-state index in [4.69, 9.17) is 4.74 Å². The fourth-order valence-corrected chi connectivity index (χ4v) is 3.24. The summed E-state index contributed by atoms with van der Waals surface area (Å²) in [4.78, 5) is 0. The third-order valence-electron chi connectivity index (χ3n) is 2.63. The molecule has 62 valence electrons. The highest BCUT2D eigenvalue weighted by Crippen LogP contribution is 2.42. The van der Waals surface area contributed by atoms with Crippen LogP contribution in [-0.4, -0.2) is 18.5 Å². The van der Waals surface area contributed by atoms with Gasteiger partial charge in [0.05, 0.1) is 13.2 Å². The Balaban J connectivity index is 2.12. The van der Waals surface area contributed by atoms with E-state index in [9.17, 15) is 0 Å². The lowest BCUT2D eigenvalue weighted by Gasteiger charge is -2.31. The van der Waals surface area contributed by atoms with Crippen molar-refractivity contribution in [2.75, 3.05) is 13.2 Å². The van der Waals surface area contributed by atoms with Gasteiger partial charge >= 0.3 is 0 Å². The molecule has 0 aromatic heterocycles. The van der Waals surface area contributed by atoms with E-state index in [-0.39, 0.29) is 0 Å². The van der Waals surface area contributed by atoms with E-state index in [1.165, 1.54) is 5.57 Å². The van der Waals surface area contributed by atoms with E-state index in [0.29, 0.717) is 5.92 Å². The van der Waals surface area contributed by atoms with Crippen molar-refractivity contribution >= 4 is 11.8 Å². The van der Waals surface area contributed by atoms with Crippen LogP contribution in [0.15, 0.2) is 11.0 Å². The Morgan fingerprint density at radius 1 is 1.55 bits per heavy atom. The van der Waals surface area contributed by atoms with Crippen molar-refractivity contribution in [3.63, 3.8) is 0 Å². The minimum absolute atomic E-state index is 0.712. The summed E-state index contributed by atoms with van der Waals surface area (Å²) in [5.41, 5.74) is 1.52. The van der Waals surface area contributed by atoms with Crippen LogP contribution in [0.4, 0.5) is 0 Å². The Kier molecular flexibility index (Phi) is 1.98. The predicted molar refractivity (Wildman–Crippen MR) is 48.6 cm³/mol. The van der Waals surface area contributed by atoms with Gasteiger partial charge in [-0.3, -0.25) is 0 Å². The maximum Gasteiger partial charge on any atom is 0.0542 e. The molecule has 1 saturated heterocycles. The average molecular weight is 170 g/mol. The Bertz CT molecular complexity index is 188. The molecule has 0 N–H and O–H groups in total.